The molecule has 1 aliphatic rings. The summed E-state index contributed by atoms with van der Waals surface area (Å²) in [6.07, 6.45) is 2.36. The summed E-state index contributed by atoms with van der Waals surface area (Å²) >= 11 is 3.19. The molecule has 7 heteroatoms. The summed E-state index contributed by atoms with van der Waals surface area (Å²) < 4.78 is 33.0. The Balaban J connectivity index is 2.09. The molecule has 1 heterocycles. The second-order valence-electron chi connectivity index (χ2n) is 5.66. The number of sulfonamides is 1. The van der Waals surface area contributed by atoms with Crippen molar-refractivity contribution >= 4 is 26.0 Å². The summed E-state index contributed by atoms with van der Waals surface area (Å²) in [4.78, 5) is 0.164. The smallest absolute Gasteiger partial charge is 0.245 e. The fourth-order valence-corrected chi connectivity index (χ4v) is 4.03. The molecule has 0 aromatic carbocycles. The van der Waals surface area contributed by atoms with Crippen LogP contribution in [-0.2, 0) is 16.6 Å². The third kappa shape index (κ3) is 4.07. The number of rotatable bonds is 7. The van der Waals surface area contributed by atoms with Crippen LogP contribution in [0.4, 0.5) is 0 Å². The molecule has 2 rings (SSSR count). The van der Waals surface area contributed by atoms with Gasteiger partial charge in [-0.15, -0.1) is 0 Å². The van der Waals surface area contributed by atoms with Crippen LogP contribution in [0.2, 0.25) is 0 Å². The molecular formula is C13H21BrN2O3S. The third-order valence-electron chi connectivity index (χ3n) is 3.48. The molecule has 1 fully saturated rings. The minimum absolute atomic E-state index is 0.130. The van der Waals surface area contributed by atoms with Crippen molar-refractivity contribution in [3.63, 3.8) is 0 Å². The lowest BCUT2D eigenvalue weighted by molar-refractivity contribution is 0.457. The van der Waals surface area contributed by atoms with Gasteiger partial charge >= 0.3 is 0 Å². The zero-order chi connectivity index (χ0) is 14.9. The summed E-state index contributed by atoms with van der Waals surface area (Å²) in [5.41, 5.74) is 0. The second kappa shape index (κ2) is 6.17. The van der Waals surface area contributed by atoms with E-state index in [4.69, 9.17) is 4.42 Å². The predicted octanol–water partition coefficient (Wildman–Crippen LogP) is 2.62. The fourth-order valence-electron chi connectivity index (χ4n) is 1.64. The summed E-state index contributed by atoms with van der Waals surface area (Å²) in [5, 5.41) is 3.29. The maximum atomic E-state index is 12.3. The van der Waals surface area contributed by atoms with Crippen molar-refractivity contribution in [2.45, 2.75) is 57.1 Å². The van der Waals surface area contributed by atoms with Gasteiger partial charge < -0.3 is 9.73 Å². The van der Waals surface area contributed by atoms with Crippen LogP contribution in [0.25, 0.3) is 0 Å². The highest BCUT2D eigenvalue weighted by Gasteiger charge is 2.26. The number of hydrogen-bond acceptors (Lipinski definition) is 4. The Bertz CT molecular complexity index is 564. The van der Waals surface area contributed by atoms with Gasteiger partial charge in [-0.3, -0.25) is 0 Å². The Morgan fingerprint density at radius 3 is 2.60 bits per heavy atom. The van der Waals surface area contributed by atoms with E-state index in [2.05, 4.69) is 26.0 Å². The van der Waals surface area contributed by atoms with Crippen LogP contribution in [0.15, 0.2) is 20.0 Å². The Hall–Kier alpha value is -0.370. The molecule has 5 nitrogen and oxygen atoms in total. The molecule has 0 aliphatic heterocycles. The zero-order valence-corrected chi connectivity index (χ0v) is 14.3. The Morgan fingerprint density at radius 2 is 2.05 bits per heavy atom. The molecule has 1 aromatic heterocycles. The van der Waals surface area contributed by atoms with E-state index in [9.17, 15) is 8.42 Å². The number of furan rings is 1. The van der Waals surface area contributed by atoms with Crippen molar-refractivity contribution < 1.29 is 12.8 Å². The van der Waals surface area contributed by atoms with E-state index in [0.29, 0.717) is 18.3 Å². The van der Waals surface area contributed by atoms with E-state index in [1.807, 2.05) is 20.8 Å². The molecule has 0 saturated heterocycles. The minimum atomic E-state index is -3.56. The molecule has 1 aliphatic carbocycles. The molecule has 20 heavy (non-hydrogen) atoms. The van der Waals surface area contributed by atoms with Gasteiger partial charge in [0.1, 0.15) is 10.7 Å². The molecule has 1 aromatic rings. The van der Waals surface area contributed by atoms with Crippen LogP contribution in [0.1, 0.15) is 39.4 Å². The number of halogens is 1. The van der Waals surface area contributed by atoms with Gasteiger partial charge in [0, 0.05) is 18.2 Å². The summed E-state index contributed by atoms with van der Waals surface area (Å²) in [5.74, 6) is 0.854. The molecule has 0 bridgehead atoms. The normalized spacial score (nSPS) is 17.6. The average Bonchev–Trinajstić information content (AvgIpc) is 3.08. The van der Waals surface area contributed by atoms with E-state index < -0.39 is 10.0 Å². The molecule has 1 saturated carbocycles. The van der Waals surface area contributed by atoms with Gasteiger partial charge in [0.25, 0.3) is 0 Å². The summed E-state index contributed by atoms with van der Waals surface area (Å²) in [7, 11) is -3.56. The first-order valence-electron chi connectivity index (χ1n) is 6.83. The molecule has 0 amide bonds. The quantitative estimate of drug-likeness (QED) is 0.779. The van der Waals surface area contributed by atoms with Gasteiger partial charge in [0.05, 0.1) is 6.54 Å². The van der Waals surface area contributed by atoms with Gasteiger partial charge in [-0.1, -0.05) is 13.8 Å². The van der Waals surface area contributed by atoms with Crippen molar-refractivity contribution in [1.29, 1.82) is 0 Å². The molecular weight excluding hydrogens is 344 g/mol. The Morgan fingerprint density at radius 1 is 1.40 bits per heavy atom. The van der Waals surface area contributed by atoms with E-state index >= 15 is 0 Å². The number of hydrogen-bond donors (Lipinski definition) is 2. The van der Waals surface area contributed by atoms with Gasteiger partial charge in [0.15, 0.2) is 4.67 Å². The lowest BCUT2D eigenvalue weighted by atomic mass is 10.1. The average molecular weight is 365 g/mol. The topological polar surface area (TPSA) is 71.3 Å². The fraction of sp³-hybridized carbons (Fsp3) is 0.692. The van der Waals surface area contributed by atoms with E-state index in [-0.39, 0.29) is 21.5 Å². The van der Waals surface area contributed by atoms with Crippen LogP contribution < -0.4 is 10.0 Å². The Labute approximate surface area is 128 Å². The standard InChI is InChI=1S/C13H21BrN2O3S/c1-8(2)9(3)16-20(17,18)12-6-11(19-13(12)14)7-15-10-4-5-10/h6,8-10,15-16H,4-5,7H2,1-3H3. The maximum absolute atomic E-state index is 12.3. The lowest BCUT2D eigenvalue weighted by Crippen LogP contribution is -2.36. The van der Waals surface area contributed by atoms with Gasteiger partial charge in [-0.05, 0) is 41.6 Å². The number of nitrogens with one attached hydrogen (secondary N) is 2. The predicted molar refractivity (Wildman–Crippen MR) is 80.9 cm³/mol. The molecule has 0 spiro atoms. The Kier molecular flexibility index (Phi) is 4.94. The van der Waals surface area contributed by atoms with Gasteiger partial charge in [-0.25, -0.2) is 13.1 Å². The van der Waals surface area contributed by atoms with Crippen molar-refractivity contribution in [2.24, 2.45) is 5.92 Å². The maximum Gasteiger partial charge on any atom is 0.245 e. The van der Waals surface area contributed by atoms with Gasteiger partial charge in [0.2, 0.25) is 10.0 Å². The molecule has 1 unspecified atom stereocenters. The van der Waals surface area contributed by atoms with Crippen LogP contribution in [-0.4, -0.2) is 20.5 Å². The summed E-state index contributed by atoms with van der Waals surface area (Å²) in [6.45, 7) is 6.36. The SMILES string of the molecule is CC(C)C(C)NS(=O)(=O)c1cc(CNC2CC2)oc1Br. The molecule has 114 valence electrons. The second-order valence-corrected chi connectivity index (χ2v) is 8.06. The van der Waals surface area contributed by atoms with Crippen LogP contribution in [0, 0.1) is 5.92 Å². The first-order valence-corrected chi connectivity index (χ1v) is 9.11. The molecule has 2 N–H and O–H groups in total. The minimum Gasteiger partial charge on any atom is -0.452 e. The molecule has 1 atom stereocenters. The first kappa shape index (κ1) is 16.0. The van der Waals surface area contributed by atoms with Crippen molar-refractivity contribution in [3.05, 3.63) is 16.5 Å². The van der Waals surface area contributed by atoms with Gasteiger partial charge in [-0.2, -0.15) is 0 Å². The lowest BCUT2D eigenvalue weighted by Gasteiger charge is -2.16. The largest absolute Gasteiger partial charge is 0.452 e. The third-order valence-corrected chi connectivity index (χ3v) is 5.90. The highest BCUT2D eigenvalue weighted by Crippen LogP contribution is 2.27. The van der Waals surface area contributed by atoms with E-state index in [0.717, 1.165) is 0 Å². The first-order chi connectivity index (χ1) is 9.29. The highest BCUT2D eigenvalue weighted by molar-refractivity contribution is 9.10. The van der Waals surface area contributed by atoms with Crippen LogP contribution in [0.5, 0.6) is 0 Å². The zero-order valence-electron chi connectivity index (χ0n) is 11.9. The van der Waals surface area contributed by atoms with Crippen molar-refractivity contribution in [1.82, 2.24) is 10.0 Å². The van der Waals surface area contributed by atoms with Crippen molar-refractivity contribution in [3.8, 4) is 0 Å². The van der Waals surface area contributed by atoms with Crippen LogP contribution in [0.3, 0.4) is 0 Å². The summed E-state index contributed by atoms with van der Waals surface area (Å²) in [6, 6.07) is 2.00. The van der Waals surface area contributed by atoms with Crippen LogP contribution >= 0.6 is 15.9 Å². The molecule has 0 radical (unpaired) electrons. The van der Waals surface area contributed by atoms with E-state index in [1.54, 1.807) is 6.07 Å². The van der Waals surface area contributed by atoms with Crippen molar-refractivity contribution in [2.75, 3.05) is 0 Å². The monoisotopic (exact) mass is 364 g/mol. The highest BCUT2D eigenvalue weighted by atomic mass is 79.9. The van der Waals surface area contributed by atoms with E-state index in [1.165, 1.54) is 12.8 Å².